The molecular formula is C21H28O8Si. The molecule has 1 fully saturated rings. The lowest BCUT2D eigenvalue weighted by Crippen LogP contribution is -2.49. The summed E-state index contributed by atoms with van der Waals surface area (Å²) in [6, 6.07) is 6.13. The van der Waals surface area contributed by atoms with Gasteiger partial charge in [0.2, 0.25) is 5.79 Å². The molecular weight excluding hydrogens is 408 g/mol. The quantitative estimate of drug-likeness (QED) is 0.600. The van der Waals surface area contributed by atoms with Crippen molar-refractivity contribution in [2.75, 3.05) is 0 Å². The highest BCUT2D eigenvalue weighted by atomic mass is 28.4. The van der Waals surface area contributed by atoms with Crippen molar-refractivity contribution in [2.24, 2.45) is 0 Å². The third-order valence-corrected chi connectivity index (χ3v) is 7.88. The van der Waals surface area contributed by atoms with Crippen LogP contribution < -0.4 is 4.74 Å². The second-order valence-corrected chi connectivity index (χ2v) is 10.2. The molecule has 1 aromatic carbocycles. The largest absolute Gasteiger partial charge is 0.705 e. The predicted octanol–water partition coefficient (Wildman–Crippen LogP) is 3.43. The van der Waals surface area contributed by atoms with E-state index in [4.69, 9.17) is 22.8 Å². The van der Waals surface area contributed by atoms with Crippen LogP contribution in [0, 0.1) is 0 Å². The van der Waals surface area contributed by atoms with E-state index in [1.54, 1.807) is 0 Å². The van der Waals surface area contributed by atoms with Crippen molar-refractivity contribution < 1.29 is 37.1 Å². The normalized spacial score (nSPS) is 17.0. The average molecular weight is 437 g/mol. The molecule has 1 spiro atoms. The van der Waals surface area contributed by atoms with Crippen LogP contribution in [0.25, 0.3) is 0 Å². The molecule has 1 aliphatic heterocycles. The summed E-state index contributed by atoms with van der Waals surface area (Å²) in [5.74, 6) is -1.58. The number of hydrogen-bond donors (Lipinski definition) is 0. The number of ether oxygens (including phenoxy) is 2. The summed E-state index contributed by atoms with van der Waals surface area (Å²) in [6.07, 6.45) is 5.20. The fourth-order valence-corrected chi connectivity index (χ4v) is 6.34. The van der Waals surface area contributed by atoms with E-state index < -0.39 is 32.5 Å². The summed E-state index contributed by atoms with van der Waals surface area (Å²) >= 11 is 0. The van der Waals surface area contributed by atoms with Crippen LogP contribution in [0.1, 0.15) is 64.0 Å². The molecule has 0 aromatic heterocycles. The van der Waals surface area contributed by atoms with E-state index in [0.717, 1.165) is 42.6 Å². The maximum absolute atomic E-state index is 11.5. The zero-order chi connectivity index (χ0) is 21.8. The van der Waals surface area contributed by atoms with Crippen LogP contribution in [0.3, 0.4) is 0 Å². The van der Waals surface area contributed by atoms with Gasteiger partial charge in [0, 0.05) is 39.2 Å². The van der Waals surface area contributed by atoms with Gasteiger partial charge < -0.3 is 22.8 Å². The highest BCUT2D eigenvalue weighted by Gasteiger charge is 2.51. The van der Waals surface area contributed by atoms with Gasteiger partial charge >= 0.3 is 8.80 Å². The maximum atomic E-state index is 11.5. The van der Waals surface area contributed by atoms with Gasteiger partial charge in [-0.05, 0) is 43.4 Å². The van der Waals surface area contributed by atoms with Gasteiger partial charge in [0.1, 0.15) is 5.75 Å². The Morgan fingerprint density at radius 2 is 1.60 bits per heavy atom. The molecule has 0 amide bonds. The van der Waals surface area contributed by atoms with Gasteiger partial charge in [-0.3, -0.25) is 14.4 Å². The Kier molecular flexibility index (Phi) is 6.82. The van der Waals surface area contributed by atoms with E-state index in [1.807, 2.05) is 18.2 Å². The standard InChI is InChI=1S/C21H28O8Si/c1-15(22)27-30(28-16(2)23,29-17(3)24)12-6-7-18-8-9-20-19(13-18)14-25-21(26-20)10-4-5-11-21/h8-9,13H,4-7,10-12,14H2,1-3H3. The van der Waals surface area contributed by atoms with Gasteiger partial charge in [-0.2, -0.15) is 0 Å². The van der Waals surface area contributed by atoms with Gasteiger partial charge in [-0.25, -0.2) is 0 Å². The van der Waals surface area contributed by atoms with Gasteiger partial charge in [0.25, 0.3) is 17.9 Å². The third kappa shape index (κ3) is 5.60. The second-order valence-electron chi connectivity index (χ2n) is 7.77. The van der Waals surface area contributed by atoms with Crippen LogP contribution >= 0.6 is 0 Å². The minimum atomic E-state index is -3.79. The molecule has 0 atom stereocenters. The third-order valence-electron chi connectivity index (χ3n) is 5.12. The van der Waals surface area contributed by atoms with Crippen molar-refractivity contribution in [3.63, 3.8) is 0 Å². The zero-order valence-corrected chi connectivity index (χ0v) is 18.7. The van der Waals surface area contributed by atoms with E-state index in [9.17, 15) is 14.4 Å². The number of fused-ring (bicyclic) bond motifs is 1. The molecule has 164 valence electrons. The number of benzene rings is 1. The molecule has 0 radical (unpaired) electrons. The van der Waals surface area contributed by atoms with Crippen LogP contribution in [0.4, 0.5) is 0 Å². The number of aryl methyl sites for hydroxylation is 1. The van der Waals surface area contributed by atoms with E-state index in [1.165, 1.54) is 20.8 Å². The lowest BCUT2D eigenvalue weighted by atomic mass is 10.0. The van der Waals surface area contributed by atoms with Gasteiger partial charge in [-0.1, -0.05) is 6.07 Å². The first kappa shape index (κ1) is 22.3. The molecule has 2 aliphatic rings. The first-order chi connectivity index (χ1) is 14.2. The van der Waals surface area contributed by atoms with Crippen LogP contribution in [0.15, 0.2) is 18.2 Å². The molecule has 1 aromatic rings. The molecule has 1 saturated carbocycles. The minimum absolute atomic E-state index is 0.152. The van der Waals surface area contributed by atoms with Crippen molar-refractivity contribution in [3.05, 3.63) is 29.3 Å². The van der Waals surface area contributed by atoms with Crippen molar-refractivity contribution in [3.8, 4) is 5.75 Å². The van der Waals surface area contributed by atoms with Gasteiger partial charge in [-0.15, -0.1) is 0 Å². The fraction of sp³-hybridized carbons (Fsp3) is 0.571. The summed E-state index contributed by atoms with van der Waals surface area (Å²) in [5, 5.41) is 0. The lowest BCUT2D eigenvalue weighted by molar-refractivity contribution is -0.200. The smallest absolute Gasteiger partial charge is 0.462 e. The average Bonchev–Trinajstić information content (AvgIpc) is 3.08. The van der Waals surface area contributed by atoms with Gasteiger partial charge in [0.15, 0.2) is 0 Å². The Bertz CT molecular complexity index is 774. The molecule has 0 saturated heterocycles. The SMILES string of the molecule is CC(=O)O[Si](CCCc1ccc2c(c1)COC1(CCCC1)O2)(OC(C)=O)OC(C)=O. The summed E-state index contributed by atoms with van der Waals surface area (Å²) in [4.78, 5) is 34.6. The van der Waals surface area contributed by atoms with E-state index in [0.29, 0.717) is 19.4 Å². The van der Waals surface area contributed by atoms with Crippen molar-refractivity contribution in [1.82, 2.24) is 0 Å². The highest BCUT2D eigenvalue weighted by Crippen LogP contribution is 2.41. The molecule has 0 unspecified atom stereocenters. The maximum Gasteiger partial charge on any atom is 0.705 e. The molecule has 3 rings (SSSR count). The second kappa shape index (κ2) is 9.17. The predicted molar refractivity (Wildman–Crippen MR) is 107 cm³/mol. The summed E-state index contributed by atoms with van der Waals surface area (Å²) < 4.78 is 27.8. The van der Waals surface area contributed by atoms with Crippen molar-refractivity contribution >= 4 is 26.7 Å². The Hall–Kier alpha value is -2.39. The monoisotopic (exact) mass is 436 g/mol. The van der Waals surface area contributed by atoms with Crippen LogP contribution in [0.2, 0.25) is 6.04 Å². The Labute approximate surface area is 177 Å². The Morgan fingerprint density at radius 1 is 1.00 bits per heavy atom. The fourth-order valence-electron chi connectivity index (χ4n) is 3.98. The zero-order valence-electron chi connectivity index (χ0n) is 17.7. The molecule has 1 aliphatic carbocycles. The number of rotatable bonds is 7. The number of hydrogen-bond acceptors (Lipinski definition) is 8. The van der Waals surface area contributed by atoms with Crippen LogP contribution in [-0.4, -0.2) is 32.5 Å². The molecule has 0 bridgehead atoms. The number of carbonyl (C=O) groups excluding carboxylic acids is 3. The Balaban J connectivity index is 1.65. The lowest BCUT2D eigenvalue weighted by Gasteiger charge is -2.35. The molecule has 0 N–H and O–H groups in total. The van der Waals surface area contributed by atoms with Crippen molar-refractivity contribution in [1.29, 1.82) is 0 Å². The minimum Gasteiger partial charge on any atom is -0.462 e. The summed E-state index contributed by atoms with van der Waals surface area (Å²) in [5.41, 5.74) is 2.04. The summed E-state index contributed by atoms with van der Waals surface area (Å²) in [7, 11) is -3.79. The van der Waals surface area contributed by atoms with Gasteiger partial charge in [0.05, 0.1) is 12.7 Å². The topological polar surface area (TPSA) is 97.4 Å². The first-order valence-corrected chi connectivity index (χ1v) is 12.2. The molecule has 30 heavy (non-hydrogen) atoms. The molecule has 8 nitrogen and oxygen atoms in total. The van der Waals surface area contributed by atoms with Crippen molar-refractivity contribution in [2.45, 2.75) is 77.7 Å². The van der Waals surface area contributed by atoms with Crippen LogP contribution in [-0.2, 0) is 45.4 Å². The molecule has 1 heterocycles. The number of carbonyl (C=O) groups is 3. The summed E-state index contributed by atoms with van der Waals surface area (Å²) in [6.45, 7) is 4.08. The van der Waals surface area contributed by atoms with Crippen LogP contribution in [0.5, 0.6) is 5.75 Å². The first-order valence-electron chi connectivity index (χ1n) is 10.2. The van der Waals surface area contributed by atoms with E-state index in [2.05, 4.69) is 0 Å². The van der Waals surface area contributed by atoms with E-state index in [-0.39, 0.29) is 6.04 Å². The Morgan fingerprint density at radius 3 is 2.17 bits per heavy atom. The molecule has 9 heteroatoms. The van der Waals surface area contributed by atoms with E-state index >= 15 is 0 Å². The highest BCUT2D eigenvalue weighted by molar-refractivity contribution is 6.65.